The van der Waals surface area contributed by atoms with Crippen LogP contribution in [0.5, 0.6) is 0 Å². The predicted molar refractivity (Wildman–Crippen MR) is 121 cm³/mol. The topological polar surface area (TPSA) is 109 Å². The molecule has 1 aliphatic rings. The molecule has 0 aliphatic heterocycles. The van der Waals surface area contributed by atoms with Crippen molar-refractivity contribution in [3.8, 4) is 11.3 Å². The van der Waals surface area contributed by atoms with Gasteiger partial charge in [0.1, 0.15) is 11.2 Å². The monoisotopic (exact) mass is 484 g/mol. The van der Waals surface area contributed by atoms with Crippen LogP contribution >= 0.6 is 0 Å². The number of nitrogens with zero attached hydrogens (tertiary/aromatic N) is 3. The molecule has 1 aliphatic carbocycles. The molecule has 2 heterocycles. The van der Waals surface area contributed by atoms with Gasteiger partial charge in [-0.3, -0.25) is 9.59 Å². The first-order chi connectivity index (χ1) is 16.7. The third kappa shape index (κ3) is 3.87. The van der Waals surface area contributed by atoms with Crippen LogP contribution in [0, 0.1) is 0 Å². The van der Waals surface area contributed by atoms with Crippen molar-refractivity contribution in [3.63, 3.8) is 0 Å². The quantitative estimate of drug-likeness (QED) is 0.467. The molecule has 35 heavy (non-hydrogen) atoms. The number of halogens is 3. The van der Waals surface area contributed by atoms with Crippen LogP contribution in [-0.2, 0) is 17.8 Å². The third-order valence-electron chi connectivity index (χ3n) is 6.01. The van der Waals surface area contributed by atoms with Gasteiger partial charge in [-0.25, -0.2) is 9.78 Å². The van der Waals surface area contributed by atoms with Gasteiger partial charge in [0.05, 0.1) is 5.52 Å². The van der Waals surface area contributed by atoms with E-state index < -0.39 is 17.7 Å². The van der Waals surface area contributed by atoms with Crippen molar-refractivity contribution < 1.29 is 27.6 Å². The highest BCUT2D eigenvalue weighted by Gasteiger charge is 2.42. The predicted octanol–water partition coefficient (Wildman–Crippen LogP) is 3.01. The lowest BCUT2D eigenvalue weighted by Crippen LogP contribution is -2.39. The van der Waals surface area contributed by atoms with Gasteiger partial charge in [-0.1, -0.05) is 18.2 Å². The Morgan fingerprint density at radius 2 is 1.86 bits per heavy atom. The Hall–Kier alpha value is -3.99. The Labute approximate surface area is 195 Å². The molecule has 0 spiro atoms. The Morgan fingerprint density at radius 3 is 2.60 bits per heavy atom. The van der Waals surface area contributed by atoms with Gasteiger partial charge in [0, 0.05) is 41.2 Å². The largest absolute Gasteiger partial charge is 0.493 e. The van der Waals surface area contributed by atoms with E-state index in [1.807, 2.05) is 16.7 Å². The summed E-state index contributed by atoms with van der Waals surface area (Å²) >= 11 is 0. The normalized spacial score (nSPS) is 13.5. The van der Waals surface area contributed by atoms with Crippen LogP contribution < -0.4 is 16.1 Å². The molecular formula is C24H19F3N4O4. The molecule has 0 radical (unpaired) electrons. The van der Waals surface area contributed by atoms with Crippen molar-refractivity contribution in [2.24, 2.45) is 5.73 Å². The number of para-hydroxylation sites is 1. The smallest absolute Gasteiger partial charge is 0.347 e. The number of benzene rings is 2. The maximum Gasteiger partial charge on any atom is 0.493 e. The van der Waals surface area contributed by atoms with E-state index in [9.17, 15) is 27.6 Å². The standard InChI is InChI=1S/C24H19F3N4O4/c25-24(26,27)23(34)35-31-19-11-15-13(6-7-20(15)32)10-17(19)29-21(22(31)33)16-12-30(9-3-8-28)18-5-2-1-4-14(16)18/h1-2,4-5,10-12H,3,6-9,28H2. The molecule has 0 saturated carbocycles. The second-order valence-corrected chi connectivity index (χ2v) is 8.25. The fourth-order valence-corrected chi connectivity index (χ4v) is 4.38. The van der Waals surface area contributed by atoms with E-state index in [-0.39, 0.29) is 39.2 Å². The lowest BCUT2D eigenvalue weighted by atomic mass is 10.1. The number of aromatic nitrogens is 3. The summed E-state index contributed by atoms with van der Waals surface area (Å²) in [7, 11) is 0. The zero-order chi connectivity index (χ0) is 24.9. The van der Waals surface area contributed by atoms with Crippen molar-refractivity contribution in [1.29, 1.82) is 0 Å². The number of nitrogens with two attached hydrogens (primary N) is 1. The SMILES string of the molecule is NCCCn1cc(-c2nc3cc4c(cc3n(OC(=O)C(F)(F)F)c2=O)C(=O)CC4)c2ccccc21. The summed E-state index contributed by atoms with van der Waals surface area (Å²) in [5, 5.41) is 0.651. The Bertz CT molecular complexity index is 1570. The molecule has 0 saturated heterocycles. The van der Waals surface area contributed by atoms with Gasteiger partial charge in [-0.15, -0.1) is 4.73 Å². The molecule has 0 bridgehead atoms. The van der Waals surface area contributed by atoms with E-state index in [4.69, 9.17) is 5.73 Å². The molecule has 5 rings (SSSR count). The molecule has 0 amide bonds. The highest BCUT2D eigenvalue weighted by Crippen LogP contribution is 2.31. The second-order valence-electron chi connectivity index (χ2n) is 8.25. The summed E-state index contributed by atoms with van der Waals surface area (Å²) < 4.78 is 41.3. The van der Waals surface area contributed by atoms with Crippen LogP contribution in [0.1, 0.15) is 28.8 Å². The number of hydrogen-bond acceptors (Lipinski definition) is 6. The van der Waals surface area contributed by atoms with E-state index in [2.05, 4.69) is 9.82 Å². The lowest BCUT2D eigenvalue weighted by Gasteiger charge is -2.13. The number of Topliss-reactive ketones (excluding diaryl/α,β-unsaturated/α-hetero) is 1. The Balaban J connectivity index is 1.79. The minimum Gasteiger partial charge on any atom is -0.347 e. The van der Waals surface area contributed by atoms with Crippen LogP contribution in [-0.4, -0.2) is 38.8 Å². The van der Waals surface area contributed by atoms with Crippen LogP contribution in [0.2, 0.25) is 0 Å². The van der Waals surface area contributed by atoms with Gasteiger partial charge in [0.15, 0.2) is 5.78 Å². The van der Waals surface area contributed by atoms with E-state index in [0.717, 1.165) is 5.52 Å². The summed E-state index contributed by atoms with van der Waals surface area (Å²) in [6, 6.07) is 10.00. The number of aryl methyl sites for hydroxylation is 2. The first-order valence-corrected chi connectivity index (χ1v) is 10.9. The van der Waals surface area contributed by atoms with Crippen molar-refractivity contribution in [3.05, 3.63) is 64.1 Å². The van der Waals surface area contributed by atoms with Crippen molar-refractivity contribution >= 4 is 33.7 Å². The number of alkyl halides is 3. The molecule has 2 N–H and O–H groups in total. The molecule has 180 valence electrons. The van der Waals surface area contributed by atoms with Crippen LogP contribution in [0.25, 0.3) is 33.2 Å². The molecule has 0 unspecified atom stereocenters. The first-order valence-electron chi connectivity index (χ1n) is 10.9. The highest BCUT2D eigenvalue weighted by atomic mass is 19.4. The summed E-state index contributed by atoms with van der Waals surface area (Å²) in [6.45, 7) is 0.998. The van der Waals surface area contributed by atoms with Crippen molar-refractivity contribution in [1.82, 2.24) is 14.3 Å². The maximum atomic E-state index is 13.4. The molecule has 0 atom stereocenters. The van der Waals surface area contributed by atoms with E-state index >= 15 is 0 Å². The third-order valence-corrected chi connectivity index (χ3v) is 6.01. The van der Waals surface area contributed by atoms with Crippen LogP contribution in [0.4, 0.5) is 13.2 Å². The zero-order valence-corrected chi connectivity index (χ0v) is 18.3. The number of carbonyl (C=O) groups excluding carboxylic acids is 2. The summed E-state index contributed by atoms with van der Waals surface area (Å²) in [5.41, 5.74) is 6.42. The van der Waals surface area contributed by atoms with E-state index in [1.54, 1.807) is 24.4 Å². The Morgan fingerprint density at radius 1 is 1.09 bits per heavy atom. The summed E-state index contributed by atoms with van der Waals surface area (Å²) in [6.07, 6.45) is -2.31. The summed E-state index contributed by atoms with van der Waals surface area (Å²) in [4.78, 5) is 46.3. The number of fused-ring (bicyclic) bond motifs is 3. The van der Waals surface area contributed by atoms with Crippen LogP contribution in [0.15, 0.2) is 47.4 Å². The number of hydrogen-bond donors (Lipinski definition) is 1. The fraction of sp³-hybridized carbons (Fsp3) is 0.250. The number of rotatable bonds is 5. The van der Waals surface area contributed by atoms with Crippen LogP contribution in [0.3, 0.4) is 0 Å². The van der Waals surface area contributed by atoms with Crippen molar-refractivity contribution in [2.75, 3.05) is 6.54 Å². The molecular weight excluding hydrogens is 465 g/mol. The average molecular weight is 484 g/mol. The van der Waals surface area contributed by atoms with Gasteiger partial charge in [0.2, 0.25) is 0 Å². The van der Waals surface area contributed by atoms with Gasteiger partial charge >= 0.3 is 17.7 Å². The fourth-order valence-electron chi connectivity index (χ4n) is 4.38. The molecule has 8 nitrogen and oxygen atoms in total. The van der Waals surface area contributed by atoms with E-state index in [0.29, 0.717) is 42.4 Å². The average Bonchev–Trinajstić information content (AvgIpc) is 3.37. The minimum atomic E-state index is -5.33. The molecule has 2 aromatic carbocycles. The highest BCUT2D eigenvalue weighted by molar-refractivity contribution is 6.03. The lowest BCUT2D eigenvalue weighted by molar-refractivity contribution is -0.199. The summed E-state index contributed by atoms with van der Waals surface area (Å²) in [5.74, 6) is -2.77. The van der Waals surface area contributed by atoms with Gasteiger partial charge in [-0.05, 0) is 43.1 Å². The molecule has 0 fully saturated rings. The second kappa shape index (κ2) is 8.35. The first kappa shape index (κ1) is 22.8. The molecule has 4 aromatic rings. The molecule has 2 aromatic heterocycles. The van der Waals surface area contributed by atoms with Gasteiger partial charge in [0.25, 0.3) is 0 Å². The van der Waals surface area contributed by atoms with Crippen molar-refractivity contribution in [2.45, 2.75) is 32.0 Å². The molecule has 11 heteroatoms. The number of carbonyl (C=O) groups is 2. The van der Waals surface area contributed by atoms with Gasteiger partial charge in [-0.2, -0.15) is 13.2 Å². The zero-order valence-electron chi connectivity index (χ0n) is 18.3. The van der Waals surface area contributed by atoms with E-state index in [1.165, 1.54) is 6.07 Å². The van der Waals surface area contributed by atoms with Gasteiger partial charge < -0.3 is 15.1 Å². The minimum absolute atomic E-state index is 0.127. The number of ketones is 1. The Kier molecular flexibility index (Phi) is 5.43. The maximum absolute atomic E-state index is 13.4.